The van der Waals surface area contributed by atoms with Crippen LogP contribution < -0.4 is 0 Å². The molecule has 3 rings (SSSR count). The Hall–Kier alpha value is -1.83. The number of aryl methyl sites for hydroxylation is 1. The van der Waals surface area contributed by atoms with Crippen LogP contribution >= 0.6 is 0 Å². The Labute approximate surface area is 107 Å². The second-order valence-corrected chi connectivity index (χ2v) is 4.94. The highest BCUT2D eigenvalue weighted by atomic mass is 16.5. The van der Waals surface area contributed by atoms with E-state index in [2.05, 4.69) is 18.7 Å². The summed E-state index contributed by atoms with van der Waals surface area (Å²) in [6.07, 6.45) is 4.07. The Bertz CT molecular complexity index is 566. The van der Waals surface area contributed by atoms with Crippen molar-refractivity contribution in [3.63, 3.8) is 0 Å². The molecule has 18 heavy (non-hydrogen) atoms. The van der Waals surface area contributed by atoms with E-state index in [1.165, 1.54) is 5.56 Å². The average Bonchev–Trinajstić information content (AvgIpc) is 2.37. The minimum absolute atomic E-state index is 0.121. The molecule has 1 aliphatic carbocycles. The molecule has 1 aromatic carbocycles. The van der Waals surface area contributed by atoms with Gasteiger partial charge in [0.1, 0.15) is 11.9 Å². The highest BCUT2D eigenvalue weighted by molar-refractivity contribution is 6.22. The summed E-state index contributed by atoms with van der Waals surface area (Å²) in [6.45, 7) is 5.89. The predicted octanol–water partition coefficient (Wildman–Crippen LogP) is 3.72. The summed E-state index contributed by atoms with van der Waals surface area (Å²) in [7, 11) is 0. The minimum atomic E-state index is -0.121. The fourth-order valence-electron chi connectivity index (χ4n) is 2.77. The summed E-state index contributed by atoms with van der Waals surface area (Å²) in [5.74, 6) is 1.07. The van der Waals surface area contributed by atoms with Crippen molar-refractivity contribution in [1.29, 1.82) is 0 Å². The van der Waals surface area contributed by atoms with Crippen LogP contribution in [0.2, 0.25) is 0 Å². The molecule has 92 valence electrons. The number of benzene rings is 1. The molecule has 0 saturated heterocycles. The number of hydrogen-bond acceptors (Lipinski definition) is 2. The Morgan fingerprint density at radius 1 is 1.39 bits per heavy atom. The molecule has 2 aliphatic rings. The fraction of sp³-hybridized carbons (Fsp3) is 0.312. The molecule has 0 radical (unpaired) electrons. The van der Waals surface area contributed by atoms with E-state index in [0.717, 1.165) is 35.3 Å². The standard InChI is InChI=1S/C16H16O2/c1-3-14-12-9-10(2)7-8-11(12)16-13(17)5-4-6-15(16)18-14/h3,7-9,14H,1,4-6H2,2H3. The van der Waals surface area contributed by atoms with Gasteiger partial charge in [0, 0.05) is 18.4 Å². The Morgan fingerprint density at radius 2 is 2.22 bits per heavy atom. The van der Waals surface area contributed by atoms with E-state index < -0.39 is 0 Å². The van der Waals surface area contributed by atoms with E-state index in [-0.39, 0.29) is 11.9 Å². The Balaban J connectivity index is 2.23. The van der Waals surface area contributed by atoms with Crippen LogP contribution in [0, 0.1) is 6.92 Å². The SMILES string of the molecule is C=CC1OC2=C(C(=O)CCC2)c2ccc(C)cc21. The second-order valence-electron chi connectivity index (χ2n) is 4.94. The Morgan fingerprint density at radius 3 is 3.00 bits per heavy atom. The maximum absolute atomic E-state index is 12.1. The topological polar surface area (TPSA) is 26.3 Å². The summed E-state index contributed by atoms with van der Waals surface area (Å²) >= 11 is 0. The van der Waals surface area contributed by atoms with Gasteiger partial charge >= 0.3 is 0 Å². The third-order valence-corrected chi connectivity index (χ3v) is 3.63. The molecule has 0 amide bonds. The summed E-state index contributed by atoms with van der Waals surface area (Å²) in [6, 6.07) is 6.19. The van der Waals surface area contributed by atoms with Crippen LogP contribution in [-0.4, -0.2) is 5.78 Å². The number of allylic oxidation sites excluding steroid dienone is 2. The van der Waals surface area contributed by atoms with Gasteiger partial charge in [-0.15, -0.1) is 0 Å². The lowest BCUT2D eigenvalue weighted by Gasteiger charge is -2.31. The molecule has 1 aromatic rings. The van der Waals surface area contributed by atoms with Gasteiger partial charge in [0.2, 0.25) is 0 Å². The molecule has 0 fully saturated rings. The summed E-state index contributed by atoms with van der Waals surface area (Å²) in [5.41, 5.74) is 4.08. The van der Waals surface area contributed by atoms with Crippen molar-refractivity contribution in [3.05, 3.63) is 53.3 Å². The van der Waals surface area contributed by atoms with E-state index in [4.69, 9.17) is 4.74 Å². The number of fused-ring (bicyclic) bond motifs is 2. The summed E-state index contributed by atoms with van der Waals surface area (Å²) < 4.78 is 5.93. The zero-order valence-electron chi connectivity index (χ0n) is 10.5. The quantitative estimate of drug-likeness (QED) is 0.699. The van der Waals surface area contributed by atoms with Crippen LogP contribution in [0.15, 0.2) is 36.6 Å². The molecule has 1 heterocycles. The highest BCUT2D eigenvalue weighted by Gasteiger charge is 2.32. The molecule has 2 nitrogen and oxygen atoms in total. The zero-order chi connectivity index (χ0) is 12.7. The van der Waals surface area contributed by atoms with Crippen molar-refractivity contribution in [2.75, 3.05) is 0 Å². The molecule has 1 atom stereocenters. The summed E-state index contributed by atoms with van der Waals surface area (Å²) in [5, 5.41) is 0. The molecule has 0 bridgehead atoms. The van der Waals surface area contributed by atoms with Crippen molar-refractivity contribution in [2.45, 2.75) is 32.3 Å². The lowest BCUT2D eigenvalue weighted by atomic mass is 9.84. The van der Waals surface area contributed by atoms with E-state index >= 15 is 0 Å². The van der Waals surface area contributed by atoms with E-state index in [1.54, 1.807) is 6.08 Å². The molecule has 0 aromatic heterocycles. The molecular weight excluding hydrogens is 224 g/mol. The first kappa shape index (κ1) is 11.3. The Kier molecular flexibility index (Phi) is 2.58. The monoisotopic (exact) mass is 240 g/mol. The van der Waals surface area contributed by atoms with E-state index in [9.17, 15) is 4.79 Å². The van der Waals surface area contributed by atoms with Gasteiger partial charge in [-0.3, -0.25) is 4.79 Å². The van der Waals surface area contributed by atoms with Crippen molar-refractivity contribution < 1.29 is 9.53 Å². The lowest BCUT2D eigenvalue weighted by molar-refractivity contribution is -0.114. The highest BCUT2D eigenvalue weighted by Crippen LogP contribution is 2.42. The van der Waals surface area contributed by atoms with Gasteiger partial charge in [0.25, 0.3) is 0 Å². The van der Waals surface area contributed by atoms with Gasteiger partial charge in [-0.05, 0) is 25.0 Å². The maximum Gasteiger partial charge on any atom is 0.166 e. The first-order valence-electron chi connectivity index (χ1n) is 6.37. The van der Waals surface area contributed by atoms with Crippen molar-refractivity contribution in [2.24, 2.45) is 0 Å². The summed E-state index contributed by atoms with van der Waals surface area (Å²) in [4.78, 5) is 12.1. The third kappa shape index (κ3) is 1.60. The fourth-order valence-corrected chi connectivity index (χ4v) is 2.77. The molecule has 1 unspecified atom stereocenters. The van der Waals surface area contributed by atoms with Crippen molar-refractivity contribution in [1.82, 2.24) is 0 Å². The lowest BCUT2D eigenvalue weighted by Crippen LogP contribution is -2.20. The molecule has 0 saturated carbocycles. The number of carbonyl (C=O) groups is 1. The molecule has 2 heteroatoms. The largest absolute Gasteiger partial charge is 0.485 e. The number of ether oxygens (including phenoxy) is 1. The normalized spacial score (nSPS) is 22.1. The van der Waals surface area contributed by atoms with Gasteiger partial charge < -0.3 is 4.74 Å². The average molecular weight is 240 g/mol. The van der Waals surface area contributed by atoms with Crippen molar-refractivity contribution >= 4 is 11.4 Å². The zero-order valence-corrected chi connectivity index (χ0v) is 10.5. The van der Waals surface area contributed by atoms with Gasteiger partial charge in [-0.2, -0.15) is 0 Å². The van der Waals surface area contributed by atoms with Gasteiger partial charge in [-0.25, -0.2) is 0 Å². The first-order chi connectivity index (χ1) is 8.70. The molecule has 1 aliphatic heterocycles. The first-order valence-corrected chi connectivity index (χ1v) is 6.37. The van der Waals surface area contributed by atoms with E-state index in [1.807, 2.05) is 13.0 Å². The van der Waals surface area contributed by atoms with Crippen LogP contribution in [-0.2, 0) is 9.53 Å². The van der Waals surface area contributed by atoms with Gasteiger partial charge in [0.15, 0.2) is 5.78 Å². The molecule has 0 N–H and O–H groups in total. The number of ketones is 1. The molecule has 0 spiro atoms. The van der Waals surface area contributed by atoms with Gasteiger partial charge in [-0.1, -0.05) is 30.3 Å². The molecular formula is C16H16O2. The van der Waals surface area contributed by atoms with Crippen LogP contribution in [0.3, 0.4) is 0 Å². The maximum atomic E-state index is 12.1. The third-order valence-electron chi connectivity index (χ3n) is 3.63. The minimum Gasteiger partial charge on any atom is -0.485 e. The van der Waals surface area contributed by atoms with Crippen LogP contribution in [0.1, 0.15) is 42.1 Å². The van der Waals surface area contributed by atoms with Crippen LogP contribution in [0.4, 0.5) is 0 Å². The predicted molar refractivity (Wildman–Crippen MR) is 71.0 cm³/mol. The number of carbonyl (C=O) groups excluding carboxylic acids is 1. The van der Waals surface area contributed by atoms with Crippen LogP contribution in [0.5, 0.6) is 0 Å². The second kappa shape index (κ2) is 4.13. The van der Waals surface area contributed by atoms with Crippen LogP contribution in [0.25, 0.3) is 5.57 Å². The van der Waals surface area contributed by atoms with Crippen molar-refractivity contribution in [3.8, 4) is 0 Å². The van der Waals surface area contributed by atoms with Gasteiger partial charge in [0.05, 0.1) is 5.57 Å². The smallest absolute Gasteiger partial charge is 0.166 e. The number of hydrogen-bond donors (Lipinski definition) is 0. The number of rotatable bonds is 1. The number of Topliss-reactive ketones (excluding diaryl/α,β-unsaturated/α-hetero) is 1. The van der Waals surface area contributed by atoms with E-state index in [0.29, 0.717) is 6.42 Å².